The summed E-state index contributed by atoms with van der Waals surface area (Å²) in [5, 5.41) is 1.29. The Kier molecular flexibility index (Phi) is 5.57. The summed E-state index contributed by atoms with van der Waals surface area (Å²) >= 11 is 6.17. The lowest BCUT2D eigenvalue weighted by Gasteiger charge is -2.16. The largest absolute Gasteiger partial charge is 0.490 e. The van der Waals surface area contributed by atoms with Crippen molar-refractivity contribution in [1.82, 2.24) is 0 Å². The summed E-state index contributed by atoms with van der Waals surface area (Å²) in [6.45, 7) is 2.20. The number of rotatable bonds is 4. The van der Waals surface area contributed by atoms with E-state index in [4.69, 9.17) is 21.1 Å². The number of fused-ring (bicyclic) bond motifs is 1. The number of carbonyl (C=O) groups excluding carboxylic acids is 1. The lowest BCUT2D eigenvalue weighted by Crippen LogP contribution is -2.32. The number of carbonyl (C=O) groups is 1. The molecule has 144 valence electrons. The van der Waals surface area contributed by atoms with E-state index in [1.54, 1.807) is 0 Å². The van der Waals surface area contributed by atoms with E-state index in [1.807, 2.05) is 0 Å². The molecule has 0 aliphatic carbocycles. The number of hydrogen-bond donors (Lipinski definition) is 1. The predicted octanol–water partition coefficient (Wildman–Crippen LogP) is 3.44. The maximum Gasteiger partial charge on any atom is 0.242 e. The molecule has 1 aliphatic rings. The van der Waals surface area contributed by atoms with Gasteiger partial charge in [-0.3, -0.25) is 4.79 Å². The van der Waals surface area contributed by atoms with Crippen LogP contribution in [-0.2, 0) is 14.6 Å². The molecule has 2 aromatic carbocycles. The predicted molar refractivity (Wildman–Crippen MR) is 98.7 cm³/mol. The third kappa shape index (κ3) is 4.17. The Morgan fingerprint density at radius 3 is 2.37 bits per heavy atom. The highest BCUT2D eigenvalue weighted by atomic mass is 35.5. The first-order valence-corrected chi connectivity index (χ1v) is 10.1. The molecule has 0 fully saturated rings. The first-order valence-electron chi connectivity index (χ1n) is 8.18. The molecule has 1 amide bonds. The zero-order chi connectivity index (χ0) is 19.6. The Bertz CT molecular complexity index is 962. The van der Waals surface area contributed by atoms with Crippen LogP contribution in [0.3, 0.4) is 0 Å². The minimum Gasteiger partial charge on any atom is -0.490 e. The molecular weight excluding hydrogens is 397 g/mol. The fourth-order valence-electron chi connectivity index (χ4n) is 2.48. The third-order valence-corrected chi connectivity index (χ3v) is 6.46. The first-order chi connectivity index (χ1) is 12.8. The van der Waals surface area contributed by atoms with Gasteiger partial charge in [-0.25, -0.2) is 12.8 Å². The van der Waals surface area contributed by atoms with Gasteiger partial charge in [0.05, 0.1) is 28.8 Å². The van der Waals surface area contributed by atoms with Crippen molar-refractivity contribution in [3.8, 4) is 11.5 Å². The normalized spacial score (nSPS) is 14.9. The Morgan fingerprint density at radius 2 is 1.74 bits per heavy atom. The van der Waals surface area contributed by atoms with E-state index in [-0.39, 0.29) is 15.6 Å². The second-order valence-corrected chi connectivity index (χ2v) is 8.64. The molecule has 6 nitrogen and oxygen atoms in total. The van der Waals surface area contributed by atoms with E-state index in [9.17, 15) is 17.6 Å². The minimum absolute atomic E-state index is 0.142. The highest BCUT2D eigenvalue weighted by molar-refractivity contribution is 7.92. The summed E-state index contributed by atoms with van der Waals surface area (Å²) in [4.78, 5) is 12.4. The third-order valence-electron chi connectivity index (χ3n) is 4.07. The quantitative estimate of drug-likeness (QED) is 0.776. The van der Waals surface area contributed by atoms with Crippen LogP contribution in [0.15, 0.2) is 41.3 Å². The van der Waals surface area contributed by atoms with E-state index in [0.29, 0.717) is 31.1 Å². The van der Waals surface area contributed by atoms with Crippen LogP contribution in [0.2, 0.25) is 5.02 Å². The summed E-state index contributed by atoms with van der Waals surface area (Å²) < 4.78 is 49.2. The molecule has 1 aliphatic heterocycles. The molecule has 0 saturated heterocycles. The van der Waals surface area contributed by atoms with E-state index >= 15 is 0 Å². The van der Waals surface area contributed by atoms with Crippen LogP contribution < -0.4 is 14.8 Å². The van der Waals surface area contributed by atoms with Crippen molar-refractivity contribution in [2.45, 2.75) is 23.5 Å². The van der Waals surface area contributed by atoms with Crippen LogP contribution in [-0.4, -0.2) is 32.8 Å². The van der Waals surface area contributed by atoms with Crippen LogP contribution in [0.5, 0.6) is 11.5 Å². The van der Waals surface area contributed by atoms with Crippen molar-refractivity contribution in [1.29, 1.82) is 0 Å². The minimum atomic E-state index is -3.99. The monoisotopic (exact) mass is 413 g/mol. The van der Waals surface area contributed by atoms with E-state index in [1.165, 1.54) is 19.1 Å². The Morgan fingerprint density at radius 1 is 1.15 bits per heavy atom. The highest BCUT2D eigenvalue weighted by Gasteiger charge is 2.30. The first kappa shape index (κ1) is 19.4. The SMILES string of the molecule is CC(C(=O)Nc1cc2c(cc1Cl)OCCCO2)S(=O)(=O)c1ccc(F)cc1. The molecular formula is C18H17ClFNO5S. The van der Waals surface area contributed by atoms with Crippen molar-refractivity contribution in [2.75, 3.05) is 18.5 Å². The Hall–Kier alpha value is -2.32. The van der Waals surface area contributed by atoms with Crippen molar-refractivity contribution >= 4 is 33.0 Å². The van der Waals surface area contributed by atoms with Gasteiger partial charge in [-0.15, -0.1) is 0 Å². The number of hydrogen-bond acceptors (Lipinski definition) is 5. The molecule has 0 bridgehead atoms. The Labute approximate surface area is 161 Å². The van der Waals surface area contributed by atoms with Gasteiger partial charge in [0.2, 0.25) is 5.91 Å². The van der Waals surface area contributed by atoms with Gasteiger partial charge in [-0.1, -0.05) is 11.6 Å². The van der Waals surface area contributed by atoms with Crippen LogP contribution in [0.1, 0.15) is 13.3 Å². The van der Waals surface area contributed by atoms with Gasteiger partial charge < -0.3 is 14.8 Å². The summed E-state index contributed by atoms with van der Waals surface area (Å²) in [6, 6.07) is 7.30. The smallest absolute Gasteiger partial charge is 0.242 e. The molecule has 1 unspecified atom stereocenters. The second kappa shape index (κ2) is 7.74. The molecule has 27 heavy (non-hydrogen) atoms. The fourth-order valence-corrected chi connectivity index (χ4v) is 3.95. The number of sulfone groups is 1. The molecule has 1 N–H and O–H groups in total. The average molecular weight is 414 g/mol. The van der Waals surface area contributed by atoms with Gasteiger partial charge in [0.1, 0.15) is 11.1 Å². The van der Waals surface area contributed by atoms with Crippen LogP contribution >= 0.6 is 11.6 Å². The number of anilines is 1. The number of nitrogens with one attached hydrogen (secondary N) is 1. The summed E-state index contributed by atoms with van der Waals surface area (Å²) in [6.07, 6.45) is 0.709. The number of amides is 1. The maximum absolute atomic E-state index is 13.0. The van der Waals surface area contributed by atoms with E-state index in [0.717, 1.165) is 24.3 Å². The second-order valence-electron chi connectivity index (χ2n) is 5.96. The zero-order valence-electron chi connectivity index (χ0n) is 14.4. The van der Waals surface area contributed by atoms with Gasteiger partial charge in [0, 0.05) is 18.6 Å². The van der Waals surface area contributed by atoms with Crippen molar-refractivity contribution in [3.05, 3.63) is 47.2 Å². The molecule has 0 aromatic heterocycles. The van der Waals surface area contributed by atoms with Crippen LogP contribution in [0.25, 0.3) is 0 Å². The molecule has 0 spiro atoms. The standard InChI is InChI=1S/C18H17ClFNO5S/c1-11(27(23,24)13-5-3-12(20)4-6-13)18(22)21-15-10-17-16(9-14(15)19)25-7-2-8-26-17/h3-6,9-11H,2,7-8H2,1H3,(H,21,22). The van der Waals surface area contributed by atoms with Gasteiger partial charge in [-0.2, -0.15) is 0 Å². The number of ether oxygens (including phenoxy) is 2. The van der Waals surface area contributed by atoms with E-state index < -0.39 is 26.8 Å². The lowest BCUT2D eigenvalue weighted by atomic mass is 10.2. The van der Waals surface area contributed by atoms with Gasteiger partial charge in [0.15, 0.2) is 21.3 Å². The highest BCUT2D eigenvalue weighted by Crippen LogP contribution is 2.37. The fraction of sp³-hybridized carbons (Fsp3) is 0.278. The van der Waals surface area contributed by atoms with E-state index in [2.05, 4.69) is 5.32 Å². The molecule has 0 saturated carbocycles. The number of benzene rings is 2. The summed E-state index contributed by atoms with van der Waals surface area (Å²) in [5.41, 5.74) is 0.215. The van der Waals surface area contributed by atoms with Crippen LogP contribution in [0, 0.1) is 5.82 Å². The van der Waals surface area contributed by atoms with Gasteiger partial charge in [-0.05, 0) is 31.2 Å². The molecule has 0 radical (unpaired) electrons. The molecule has 2 aromatic rings. The maximum atomic E-state index is 13.0. The van der Waals surface area contributed by atoms with Crippen molar-refractivity contribution in [2.24, 2.45) is 0 Å². The number of halogens is 2. The molecule has 1 heterocycles. The molecule has 9 heteroatoms. The zero-order valence-corrected chi connectivity index (χ0v) is 15.9. The summed E-state index contributed by atoms with van der Waals surface area (Å²) in [7, 11) is -3.99. The lowest BCUT2D eigenvalue weighted by molar-refractivity contribution is -0.115. The van der Waals surface area contributed by atoms with Crippen molar-refractivity contribution < 1.29 is 27.1 Å². The molecule has 1 atom stereocenters. The average Bonchev–Trinajstić information content (AvgIpc) is 2.86. The molecule has 3 rings (SSSR count). The van der Waals surface area contributed by atoms with Crippen LogP contribution in [0.4, 0.5) is 10.1 Å². The van der Waals surface area contributed by atoms with Gasteiger partial charge >= 0.3 is 0 Å². The Balaban J connectivity index is 1.82. The van der Waals surface area contributed by atoms with Crippen molar-refractivity contribution in [3.63, 3.8) is 0 Å². The van der Waals surface area contributed by atoms with Gasteiger partial charge in [0.25, 0.3) is 0 Å². The summed E-state index contributed by atoms with van der Waals surface area (Å²) in [5.74, 6) is -0.454. The topological polar surface area (TPSA) is 81.7 Å².